The van der Waals surface area contributed by atoms with E-state index in [9.17, 15) is 8.78 Å². The molecule has 82 valence electrons. The van der Waals surface area contributed by atoms with Gasteiger partial charge in [-0.25, -0.2) is 8.78 Å². The minimum Gasteiger partial charge on any atom is -0.491 e. The van der Waals surface area contributed by atoms with Crippen LogP contribution in [0.15, 0.2) is 12.1 Å². The van der Waals surface area contributed by atoms with Crippen LogP contribution >= 0.6 is 0 Å². The molecule has 0 saturated heterocycles. The lowest BCUT2D eigenvalue weighted by molar-refractivity contribution is 0.240. The van der Waals surface area contributed by atoms with Gasteiger partial charge in [-0.1, -0.05) is 0 Å². The summed E-state index contributed by atoms with van der Waals surface area (Å²) in [6.45, 7) is 3.43. The molecule has 0 aliphatic rings. The fourth-order valence-corrected chi connectivity index (χ4v) is 1.15. The summed E-state index contributed by atoms with van der Waals surface area (Å²) in [5, 5.41) is 17.4. The van der Waals surface area contributed by atoms with Gasteiger partial charge in [-0.15, -0.1) is 0 Å². The number of benzene rings is 1. The average Bonchev–Trinajstić information content (AvgIpc) is 1.99. The van der Waals surface area contributed by atoms with Gasteiger partial charge >= 0.3 is 7.12 Å². The Labute approximate surface area is 86.5 Å². The fraction of sp³-hybridized carbons (Fsp3) is 0.333. The molecule has 0 saturated carbocycles. The predicted octanol–water partition coefficient (Wildman–Crippen LogP) is 0.432. The molecule has 0 aliphatic carbocycles. The first-order valence-corrected chi connectivity index (χ1v) is 4.43. The van der Waals surface area contributed by atoms with Crippen molar-refractivity contribution in [1.29, 1.82) is 0 Å². The van der Waals surface area contributed by atoms with Gasteiger partial charge in [-0.3, -0.25) is 0 Å². The topological polar surface area (TPSA) is 49.7 Å². The molecule has 6 heteroatoms. The van der Waals surface area contributed by atoms with Crippen molar-refractivity contribution in [3.63, 3.8) is 0 Å². The third-order valence-corrected chi connectivity index (χ3v) is 1.68. The van der Waals surface area contributed by atoms with E-state index in [1.807, 2.05) is 0 Å². The number of halogens is 2. The van der Waals surface area contributed by atoms with E-state index < -0.39 is 24.2 Å². The summed E-state index contributed by atoms with van der Waals surface area (Å²) in [7, 11) is -2.17. The lowest BCUT2D eigenvalue weighted by atomic mass is 9.79. The predicted molar refractivity (Wildman–Crippen MR) is 51.9 cm³/mol. The second-order valence-corrected chi connectivity index (χ2v) is 3.34. The van der Waals surface area contributed by atoms with Gasteiger partial charge in [0.25, 0.3) is 0 Å². The highest BCUT2D eigenvalue weighted by atomic mass is 19.1. The lowest BCUT2D eigenvalue weighted by Crippen LogP contribution is -2.35. The van der Waals surface area contributed by atoms with E-state index in [1.54, 1.807) is 13.8 Å². The third-order valence-electron chi connectivity index (χ3n) is 1.68. The normalized spacial score (nSPS) is 10.6. The molecule has 0 atom stereocenters. The third kappa shape index (κ3) is 2.90. The van der Waals surface area contributed by atoms with Gasteiger partial charge in [0, 0.05) is 12.1 Å². The molecule has 0 unspecified atom stereocenters. The van der Waals surface area contributed by atoms with Crippen molar-refractivity contribution in [3.05, 3.63) is 23.8 Å². The summed E-state index contributed by atoms with van der Waals surface area (Å²) in [5.41, 5.74) is -0.772. The van der Waals surface area contributed by atoms with E-state index in [2.05, 4.69) is 0 Å². The number of rotatable bonds is 3. The Kier molecular flexibility index (Phi) is 3.65. The summed E-state index contributed by atoms with van der Waals surface area (Å²) in [6, 6.07) is 1.83. The standard InChI is InChI=1S/C9H11BF2O3/c1-5(2)15-6-3-7(11)9(10(13)14)8(12)4-6/h3-5,13-14H,1-2H3. The highest BCUT2D eigenvalue weighted by molar-refractivity contribution is 6.58. The van der Waals surface area contributed by atoms with Crippen molar-refractivity contribution in [2.24, 2.45) is 0 Å². The van der Waals surface area contributed by atoms with Crippen LogP contribution in [0.4, 0.5) is 8.78 Å². The molecule has 0 fully saturated rings. The zero-order valence-corrected chi connectivity index (χ0v) is 8.37. The lowest BCUT2D eigenvalue weighted by Gasteiger charge is -2.11. The average molecular weight is 216 g/mol. The Morgan fingerprint density at radius 2 is 1.67 bits per heavy atom. The molecule has 0 amide bonds. The van der Waals surface area contributed by atoms with E-state index >= 15 is 0 Å². The Balaban J connectivity index is 3.08. The largest absolute Gasteiger partial charge is 0.494 e. The second-order valence-electron chi connectivity index (χ2n) is 3.34. The van der Waals surface area contributed by atoms with Crippen LogP contribution in [0.3, 0.4) is 0 Å². The smallest absolute Gasteiger partial charge is 0.491 e. The van der Waals surface area contributed by atoms with E-state index in [0.29, 0.717) is 0 Å². The van der Waals surface area contributed by atoms with Crippen LogP contribution in [-0.4, -0.2) is 23.3 Å². The van der Waals surface area contributed by atoms with Crippen LogP contribution in [0, 0.1) is 11.6 Å². The van der Waals surface area contributed by atoms with Crippen LogP contribution in [-0.2, 0) is 0 Å². The van der Waals surface area contributed by atoms with E-state index in [1.165, 1.54) is 0 Å². The van der Waals surface area contributed by atoms with Gasteiger partial charge in [0.15, 0.2) is 0 Å². The van der Waals surface area contributed by atoms with E-state index in [0.717, 1.165) is 12.1 Å². The van der Waals surface area contributed by atoms with Crippen molar-refractivity contribution in [2.75, 3.05) is 0 Å². The highest BCUT2D eigenvalue weighted by Gasteiger charge is 2.22. The van der Waals surface area contributed by atoms with Crippen LogP contribution < -0.4 is 10.2 Å². The summed E-state index contributed by atoms with van der Waals surface area (Å²) in [5.74, 6) is -2.06. The van der Waals surface area contributed by atoms with Crippen molar-refractivity contribution < 1.29 is 23.6 Å². The number of hydrogen-bond donors (Lipinski definition) is 2. The minimum atomic E-state index is -2.17. The van der Waals surface area contributed by atoms with Gasteiger partial charge in [-0.2, -0.15) is 0 Å². The second kappa shape index (κ2) is 4.59. The Morgan fingerprint density at radius 1 is 1.20 bits per heavy atom. The molecule has 2 N–H and O–H groups in total. The van der Waals surface area contributed by atoms with Crippen LogP contribution in [0.25, 0.3) is 0 Å². The minimum absolute atomic E-state index is 0.0180. The zero-order chi connectivity index (χ0) is 11.6. The molecule has 0 aliphatic heterocycles. The van der Waals surface area contributed by atoms with Gasteiger partial charge < -0.3 is 14.8 Å². The van der Waals surface area contributed by atoms with Crippen molar-refractivity contribution in [1.82, 2.24) is 0 Å². The monoisotopic (exact) mass is 216 g/mol. The molecule has 1 aromatic rings. The summed E-state index contributed by atoms with van der Waals surface area (Å²) >= 11 is 0. The fourth-order valence-electron chi connectivity index (χ4n) is 1.15. The quantitative estimate of drug-likeness (QED) is 0.720. The molecule has 0 bridgehead atoms. The first-order chi connectivity index (χ1) is 6.91. The molecular weight excluding hydrogens is 205 g/mol. The van der Waals surface area contributed by atoms with Crippen molar-refractivity contribution in [2.45, 2.75) is 20.0 Å². The first-order valence-electron chi connectivity index (χ1n) is 4.43. The maximum atomic E-state index is 13.2. The molecule has 1 aromatic carbocycles. The number of hydrogen-bond acceptors (Lipinski definition) is 3. The van der Waals surface area contributed by atoms with E-state index in [4.69, 9.17) is 14.8 Å². The number of ether oxygens (including phenoxy) is 1. The molecule has 0 spiro atoms. The van der Waals surface area contributed by atoms with Gasteiger partial charge in [0.05, 0.1) is 11.6 Å². The van der Waals surface area contributed by atoms with Gasteiger partial charge in [0.2, 0.25) is 0 Å². The van der Waals surface area contributed by atoms with Crippen LogP contribution in [0.1, 0.15) is 13.8 Å². The Hall–Kier alpha value is -1.14. The summed E-state index contributed by atoms with van der Waals surface area (Å²) < 4.78 is 31.4. The first kappa shape index (κ1) is 11.9. The van der Waals surface area contributed by atoms with Gasteiger partial charge in [-0.05, 0) is 13.8 Å². The molecule has 0 radical (unpaired) electrons. The molecular formula is C9H11BF2O3. The molecule has 15 heavy (non-hydrogen) atoms. The zero-order valence-electron chi connectivity index (χ0n) is 8.37. The molecule has 1 rings (SSSR count). The van der Waals surface area contributed by atoms with E-state index in [-0.39, 0.29) is 11.9 Å². The molecule has 0 heterocycles. The maximum absolute atomic E-state index is 13.2. The van der Waals surface area contributed by atoms with Crippen molar-refractivity contribution >= 4 is 12.6 Å². The molecule has 0 aromatic heterocycles. The SMILES string of the molecule is CC(C)Oc1cc(F)c(B(O)O)c(F)c1. The van der Waals surface area contributed by atoms with Crippen molar-refractivity contribution in [3.8, 4) is 5.75 Å². The molecule has 3 nitrogen and oxygen atoms in total. The van der Waals surface area contributed by atoms with Gasteiger partial charge in [0.1, 0.15) is 17.4 Å². The highest BCUT2D eigenvalue weighted by Crippen LogP contribution is 2.15. The summed E-state index contributed by atoms with van der Waals surface area (Å²) in [4.78, 5) is 0. The Morgan fingerprint density at radius 3 is 2.00 bits per heavy atom. The summed E-state index contributed by atoms with van der Waals surface area (Å²) in [6.07, 6.45) is -0.214. The van der Waals surface area contributed by atoms with Crippen LogP contribution in [0.5, 0.6) is 5.75 Å². The van der Waals surface area contributed by atoms with Crippen LogP contribution in [0.2, 0.25) is 0 Å². The maximum Gasteiger partial charge on any atom is 0.494 e. The Bertz CT molecular complexity index is 332.